The Morgan fingerprint density at radius 3 is 2.45 bits per heavy atom. The van der Waals surface area contributed by atoms with Crippen LogP contribution in [0, 0.1) is 5.92 Å². The smallest absolute Gasteiger partial charge is 0.329 e. The van der Waals surface area contributed by atoms with E-state index in [1.807, 2.05) is 5.32 Å². The van der Waals surface area contributed by atoms with Crippen molar-refractivity contribution in [2.24, 2.45) is 5.92 Å². The van der Waals surface area contributed by atoms with Crippen LogP contribution in [-0.2, 0) is 4.79 Å². The monoisotopic (exact) mass is 165 g/mol. The molecule has 5 heteroatoms. The van der Waals surface area contributed by atoms with Gasteiger partial charge >= 0.3 is 5.92 Å². The van der Waals surface area contributed by atoms with Gasteiger partial charge in [-0.3, -0.25) is 4.79 Å². The number of hydrogen-bond donors (Lipinski definition) is 2. The van der Waals surface area contributed by atoms with Gasteiger partial charge in [0.1, 0.15) is 0 Å². The lowest BCUT2D eigenvalue weighted by Crippen LogP contribution is -2.31. The van der Waals surface area contributed by atoms with Crippen LogP contribution in [0.3, 0.4) is 0 Å². The first-order chi connectivity index (χ1) is 5.00. The molecule has 2 atom stereocenters. The van der Waals surface area contributed by atoms with Crippen molar-refractivity contribution in [1.82, 2.24) is 5.32 Å². The highest BCUT2D eigenvalue weighted by molar-refractivity contribution is 5.86. The highest BCUT2D eigenvalue weighted by Gasteiger charge is 2.54. The molecule has 0 aromatic carbocycles. The Morgan fingerprint density at radius 2 is 2.27 bits per heavy atom. The number of amides is 1. The number of aliphatic hydroxyl groups is 1. The van der Waals surface area contributed by atoms with E-state index in [1.54, 1.807) is 0 Å². The van der Waals surface area contributed by atoms with Crippen LogP contribution in [0.1, 0.15) is 6.92 Å². The molecule has 1 saturated heterocycles. The van der Waals surface area contributed by atoms with E-state index in [0.29, 0.717) is 0 Å². The summed E-state index contributed by atoms with van der Waals surface area (Å²) >= 11 is 0. The van der Waals surface area contributed by atoms with E-state index in [9.17, 15) is 13.6 Å². The van der Waals surface area contributed by atoms with Crippen molar-refractivity contribution in [2.75, 3.05) is 6.61 Å². The number of nitrogens with one attached hydrogen (secondary N) is 1. The predicted octanol–water partition coefficient (Wildman–Crippen LogP) is -0.252. The van der Waals surface area contributed by atoms with Gasteiger partial charge in [-0.05, 0) is 0 Å². The average Bonchev–Trinajstić information content (AvgIpc) is 2.14. The molecule has 64 valence electrons. The zero-order chi connectivity index (χ0) is 8.65. The highest BCUT2D eigenvalue weighted by atomic mass is 19.3. The minimum absolute atomic E-state index is 0.442. The van der Waals surface area contributed by atoms with E-state index in [0.717, 1.165) is 0 Å². The fourth-order valence-corrected chi connectivity index (χ4v) is 1.05. The Labute approximate surface area is 62.4 Å². The predicted molar refractivity (Wildman–Crippen MR) is 33.1 cm³/mol. The summed E-state index contributed by atoms with van der Waals surface area (Å²) in [4.78, 5) is 10.5. The van der Waals surface area contributed by atoms with E-state index in [-0.39, 0.29) is 0 Å². The molecular formula is C6H9F2NO2. The molecule has 0 aromatic rings. The maximum Gasteiger partial charge on any atom is 0.329 e. The number of hydrogen-bond acceptors (Lipinski definition) is 2. The van der Waals surface area contributed by atoms with Crippen LogP contribution in [0.4, 0.5) is 8.78 Å². The largest absolute Gasteiger partial charge is 0.394 e. The Morgan fingerprint density at radius 1 is 1.73 bits per heavy atom. The number of aliphatic hydroxyl groups excluding tert-OH is 1. The van der Waals surface area contributed by atoms with Gasteiger partial charge in [0.25, 0.3) is 5.91 Å². The van der Waals surface area contributed by atoms with Crippen molar-refractivity contribution in [3.05, 3.63) is 0 Å². The molecule has 1 aliphatic rings. The van der Waals surface area contributed by atoms with Gasteiger partial charge in [0.2, 0.25) is 0 Å². The van der Waals surface area contributed by atoms with Crippen LogP contribution < -0.4 is 5.32 Å². The Balaban J connectivity index is 2.80. The second-order valence-electron chi connectivity index (χ2n) is 2.67. The van der Waals surface area contributed by atoms with Crippen molar-refractivity contribution in [2.45, 2.75) is 18.9 Å². The number of carbonyl (C=O) groups excluding carboxylic acids is 1. The molecule has 0 aromatic heterocycles. The standard InChI is InChI=1S/C6H9F2NO2/c1-3-4(2-10)9-5(11)6(3,7)8/h3-4,10H,2H2,1H3,(H,9,11). The second-order valence-corrected chi connectivity index (χ2v) is 2.67. The fraction of sp³-hybridized carbons (Fsp3) is 0.833. The van der Waals surface area contributed by atoms with Crippen molar-refractivity contribution < 1.29 is 18.7 Å². The third-order valence-electron chi connectivity index (χ3n) is 1.99. The number of halogens is 2. The van der Waals surface area contributed by atoms with Gasteiger partial charge in [-0.15, -0.1) is 0 Å². The summed E-state index contributed by atoms with van der Waals surface area (Å²) < 4.78 is 25.3. The summed E-state index contributed by atoms with van der Waals surface area (Å²) in [5.74, 6) is -5.74. The van der Waals surface area contributed by atoms with Crippen molar-refractivity contribution in [3.63, 3.8) is 0 Å². The quantitative estimate of drug-likeness (QED) is 0.562. The fourth-order valence-electron chi connectivity index (χ4n) is 1.05. The molecule has 2 N–H and O–H groups in total. The SMILES string of the molecule is CC1C(CO)NC(=O)C1(F)F. The molecular weight excluding hydrogens is 156 g/mol. The lowest BCUT2D eigenvalue weighted by molar-refractivity contribution is -0.143. The van der Waals surface area contributed by atoms with Gasteiger partial charge < -0.3 is 10.4 Å². The lowest BCUT2D eigenvalue weighted by Gasteiger charge is -2.14. The molecule has 11 heavy (non-hydrogen) atoms. The van der Waals surface area contributed by atoms with E-state index >= 15 is 0 Å². The second kappa shape index (κ2) is 2.41. The first kappa shape index (κ1) is 8.39. The molecule has 0 saturated carbocycles. The lowest BCUT2D eigenvalue weighted by atomic mass is 10.0. The maximum absolute atomic E-state index is 12.6. The maximum atomic E-state index is 12.6. The van der Waals surface area contributed by atoms with Crippen molar-refractivity contribution in [1.29, 1.82) is 0 Å². The Hall–Kier alpha value is -0.710. The Kier molecular flexibility index (Phi) is 1.83. The van der Waals surface area contributed by atoms with Crippen molar-refractivity contribution >= 4 is 5.91 Å². The van der Waals surface area contributed by atoms with Gasteiger partial charge in [0.05, 0.1) is 18.6 Å². The van der Waals surface area contributed by atoms with E-state index in [2.05, 4.69) is 0 Å². The third kappa shape index (κ3) is 1.09. The number of carbonyl (C=O) groups is 1. The molecule has 1 heterocycles. The molecule has 0 bridgehead atoms. The van der Waals surface area contributed by atoms with E-state index in [1.165, 1.54) is 6.92 Å². The zero-order valence-corrected chi connectivity index (χ0v) is 5.97. The summed E-state index contributed by atoms with van der Waals surface area (Å²) in [7, 11) is 0. The summed E-state index contributed by atoms with van der Waals surface area (Å²) in [6.45, 7) is 0.793. The molecule has 2 unspecified atom stereocenters. The third-order valence-corrected chi connectivity index (χ3v) is 1.99. The molecule has 0 spiro atoms. The van der Waals surface area contributed by atoms with Crippen LogP contribution in [-0.4, -0.2) is 29.6 Å². The van der Waals surface area contributed by atoms with Crippen LogP contribution in [0.25, 0.3) is 0 Å². The first-order valence-corrected chi connectivity index (χ1v) is 3.29. The van der Waals surface area contributed by atoms with Gasteiger partial charge in [-0.1, -0.05) is 6.92 Å². The minimum atomic E-state index is -3.33. The minimum Gasteiger partial charge on any atom is -0.394 e. The summed E-state index contributed by atoms with van der Waals surface area (Å²) in [6, 6.07) is -0.808. The molecule has 1 amide bonds. The molecule has 0 radical (unpaired) electrons. The topological polar surface area (TPSA) is 49.3 Å². The van der Waals surface area contributed by atoms with E-state index < -0.39 is 30.4 Å². The Bertz CT molecular complexity index is 183. The number of alkyl halides is 2. The summed E-state index contributed by atoms with van der Waals surface area (Å²) in [5, 5.41) is 10.5. The summed E-state index contributed by atoms with van der Waals surface area (Å²) in [6.07, 6.45) is 0. The molecule has 3 nitrogen and oxygen atoms in total. The van der Waals surface area contributed by atoms with Crippen molar-refractivity contribution in [3.8, 4) is 0 Å². The van der Waals surface area contributed by atoms with Crippen LogP contribution in [0.5, 0.6) is 0 Å². The zero-order valence-electron chi connectivity index (χ0n) is 5.97. The normalized spacial score (nSPS) is 35.5. The molecule has 1 aliphatic heterocycles. The van der Waals surface area contributed by atoms with Gasteiger partial charge in [-0.25, -0.2) is 0 Å². The van der Waals surface area contributed by atoms with Gasteiger partial charge in [-0.2, -0.15) is 8.78 Å². The van der Waals surface area contributed by atoms with Gasteiger partial charge in [0.15, 0.2) is 0 Å². The highest BCUT2D eigenvalue weighted by Crippen LogP contribution is 2.32. The summed E-state index contributed by atoms with van der Waals surface area (Å²) in [5.41, 5.74) is 0. The molecule has 0 aliphatic carbocycles. The van der Waals surface area contributed by atoms with Crippen LogP contribution >= 0.6 is 0 Å². The molecule has 1 fully saturated rings. The van der Waals surface area contributed by atoms with Gasteiger partial charge in [0, 0.05) is 0 Å². The molecule has 1 rings (SSSR count). The first-order valence-electron chi connectivity index (χ1n) is 3.29. The van der Waals surface area contributed by atoms with Crippen LogP contribution in [0.15, 0.2) is 0 Å². The number of rotatable bonds is 1. The van der Waals surface area contributed by atoms with Crippen LogP contribution in [0.2, 0.25) is 0 Å². The van der Waals surface area contributed by atoms with E-state index in [4.69, 9.17) is 5.11 Å². The average molecular weight is 165 g/mol.